The largest absolute Gasteiger partial charge is 0.493 e. The van der Waals surface area contributed by atoms with Crippen molar-refractivity contribution >= 4 is 23.0 Å². The zero-order valence-corrected chi connectivity index (χ0v) is 15.0. The smallest absolute Gasteiger partial charge is 0.244 e. The summed E-state index contributed by atoms with van der Waals surface area (Å²) >= 11 is 0. The molecule has 1 amide bonds. The molecule has 0 aliphatic heterocycles. The van der Waals surface area contributed by atoms with Gasteiger partial charge in [-0.3, -0.25) is 4.79 Å². The summed E-state index contributed by atoms with van der Waals surface area (Å²) in [5, 5.41) is 3.92. The van der Waals surface area contributed by atoms with Gasteiger partial charge >= 0.3 is 0 Å². The Kier molecular flexibility index (Phi) is 5.27. The van der Waals surface area contributed by atoms with E-state index in [4.69, 9.17) is 13.9 Å². The van der Waals surface area contributed by atoms with Crippen molar-refractivity contribution in [3.05, 3.63) is 65.9 Å². The van der Waals surface area contributed by atoms with Gasteiger partial charge in [0.2, 0.25) is 5.91 Å². The van der Waals surface area contributed by atoms with Crippen LogP contribution in [0.4, 0.5) is 0 Å². The van der Waals surface area contributed by atoms with Crippen molar-refractivity contribution in [3.63, 3.8) is 0 Å². The molecule has 1 atom stereocenters. The predicted octanol–water partition coefficient (Wildman–Crippen LogP) is 4.34. The van der Waals surface area contributed by atoms with Gasteiger partial charge in [-0.1, -0.05) is 30.3 Å². The average molecular weight is 351 g/mol. The Bertz CT molecular complexity index is 909. The van der Waals surface area contributed by atoms with Crippen LogP contribution in [0.2, 0.25) is 0 Å². The van der Waals surface area contributed by atoms with Gasteiger partial charge in [-0.05, 0) is 31.2 Å². The third-order valence-electron chi connectivity index (χ3n) is 4.08. The van der Waals surface area contributed by atoms with E-state index in [1.54, 1.807) is 26.4 Å². The van der Waals surface area contributed by atoms with Crippen molar-refractivity contribution in [2.45, 2.75) is 13.0 Å². The van der Waals surface area contributed by atoms with E-state index in [1.165, 1.54) is 6.08 Å². The standard InChI is InChI=1S/C21H21NO4/c1-14(19-13-16-7-4-5-9-17(16)26-19)22-20(23)12-11-15-8-6-10-18(24-2)21(15)25-3/h4-14H,1-3H3,(H,22,23)/b12-11+/t14-/m0/s1. The van der Waals surface area contributed by atoms with E-state index in [0.29, 0.717) is 17.3 Å². The van der Waals surface area contributed by atoms with E-state index in [2.05, 4.69) is 5.32 Å². The number of fused-ring (bicyclic) bond motifs is 1. The highest BCUT2D eigenvalue weighted by atomic mass is 16.5. The second-order valence-electron chi connectivity index (χ2n) is 5.83. The molecule has 3 rings (SSSR count). The van der Waals surface area contributed by atoms with E-state index in [1.807, 2.05) is 49.4 Å². The molecule has 0 bridgehead atoms. The first kappa shape index (κ1) is 17.6. The van der Waals surface area contributed by atoms with Crippen molar-refractivity contribution < 1.29 is 18.7 Å². The minimum Gasteiger partial charge on any atom is -0.493 e. The highest BCUT2D eigenvalue weighted by Crippen LogP contribution is 2.31. The van der Waals surface area contributed by atoms with E-state index < -0.39 is 0 Å². The van der Waals surface area contributed by atoms with Gasteiger partial charge in [0, 0.05) is 17.0 Å². The van der Waals surface area contributed by atoms with Crippen LogP contribution in [0.25, 0.3) is 17.0 Å². The number of para-hydroxylation sites is 2. The fourth-order valence-electron chi connectivity index (χ4n) is 2.76. The Hall–Kier alpha value is -3.21. The molecule has 2 aromatic carbocycles. The minimum atomic E-state index is -0.244. The molecule has 0 aliphatic rings. The van der Waals surface area contributed by atoms with Gasteiger partial charge in [-0.2, -0.15) is 0 Å². The molecule has 26 heavy (non-hydrogen) atoms. The summed E-state index contributed by atoms with van der Waals surface area (Å²) in [5.41, 5.74) is 1.57. The Balaban J connectivity index is 1.71. The summed E-state index contributed by atoms with van der Waals surface area (Å²) in [6.45, 7) is 1.88. The SMILES string of the molecule is COc1cccc(/C=C/C(=O)N[C@@H](C)c2cc3ccccc3o2)c1OC. The number of nitrogens with one attached hydrogen (secondary N) is 1. The quantitative estimate of drug-likeness (QED) is 0.671. The molecular weight excluding hydrogens is 330 g/mol. The van der Waals surface area contributed by atoms with Gasteiger partial charge in [0.1, 0.15) is 11.3 Å². The summed E-state index contributed by atoms with van der Waals surface area (Å²) in [6, 6.07) is 15.0. The van der Waals surface area contributed by atoms with Crippen molar-refractivity contribution in [3.8, 4) is 11.5 Å². The second kappa shape index (κ2) is 7.78. The van der Waals surface area contributed by atoms with Crippen molar-refractivity contribution in [1.29, 1.82) is 0 Å². The molecule has 0 unspecified atom stereocenters. The van der Waals surface area contributed by atoms with Gasteiger partial charge in [0.25, 0.3) is 0 Å². The van der Waals surface area contributed by atoms with Crippen LogP contribution in [0.5, 0.6) is 11.5 Å². The molecule has 5 heteroatoms. The molecule has 134 valence electrons. The van der Waals surface area contributed by atoms with Gasteiger partial charge < -0.3 is 19.2 Å². The van der Waals surface area contributed by atoms with Gasteiger partial charge in [0.05, 0.1) is 20.3 Å². The van der Waals surface area contributed by atoms with Crippen LogP contribution < -0.4 is 14.8 Å². The van der Waals surface area contributed by atoms with Crippen molar-refractivity contribution in [2.75, 3.05) is 14.2 Å². The number of rotatable bonds is 6. The van der Waals surface area contributed by atoms with Crippen LogP contribution in [-0.4, -0.2) is 20.1 Å². The Labute approximate surface area is 152 Å². The lowest BCUT2D eigenvalue weighted by molar-refractivity contribution is -0.117. The molecular formula is C21H21NO4. The monoisotopic (exact) mass is 351 g/mol. The summed E-state index contributed by atoms with van der Waals surface area (Å²) in [4.78, 5) is 12.3. The summed E-state index contributed by atoms with van der Waals surface area (Å²) in [7, 11) is 3.14. The number of furan rings is 1. The molecule has 1 aromatic heterocycles. The number of carbonyl (C=O) groups is 1. The molecule has 0 aliphatic carbocycles. The molecule has 0 fully saturated rings. The van der Waals surface area contributed by atoms with Crippen LogP contribution in [0.3, 0.4) is 0 Å². The predicted molar refractivity (Wildman–Crippen MR) is 101 cm³/mol. The number of ether oxygens (including phenoxy) is 2. The van der Waals surface area contributed by atoms with Gasteiger partial charge in [-0.15, -0.1) is 0 Å². The first-order valence-corrected chi connectivity index (χ1v) is 8.30. The van der Waals surface area contributed by atoms with E-state index in [-0.39, 0.29) is 11.9 Å². The Morgan fingerprint density at radius 3 is 2.65 bits per heavy atom. The lowest BCUT2D eigenvalue weighted by atomic mass is 10.1. The van der Waals surface area contributed by atoms with Crippen LogP contribution in [-0.2, 0) is 4.79 Å². The lowest BCUT2D eigenvalue weighted by Crippen LogP contribution is -2.24. The molecule has 5 nitrogen and oxygen atoms in total. The zero-order chi connectivity index (χ0) is 18.5. The number of benzene rings is 2. The number of methoxy groups -OCH3 is 2. The van der Waals surface area contributed by atoms with E-state index in [9.17, 15) is 4.79 Å². The Morgan fingerprint density at radius 2 is 1.92 bits per heavy atom. The van der Waals surface area contributed by atoms with Crippen molar-refractivity contribution in [1.82, 2.24) is 5.32 Å². The summed E-state index contributed by atoms with van der Waals surface area (Å²) in [5.74, 6) is 1.70. The maximum absolute atomic E-state index is 12.3. The lowest BCUT2D eigenvalue weighted by Gasteiger charge is -2.11. The maximum atomic E-state index is 12.3. The average Bonchev–Trinajstić information content (AvgIpc) is 3.10. The summed E-state index contributed by atoms with van der Waals surface area (Å²) < 4.78 is 16.4. The first-order valence-electron chi connectivity index (χ1n) is 8.30. The van der Waals surface area contributed by atoms with Gasteiger partial charge in [0.15, 0.2) is 11.5 Å². The third kappa shape index (κ3) is 3.72. The molecule has 3 aromatic rings. The van der Waals surface area contributed by atoms with Gasteiger partial charge in [-0.25, -0.2) is 0 Å². The number of carbonyl (C=O) groups excluding carboxylic acids is 1. The van der Waals surface area contributed by atoms with E-state index >= 15 is 0 Å². The fourth-order valence-corrected chi connectivity index (χ4v) is 2.76. The molecule has 0 saturated carbocycles. The first-order chi connectivity index (χ1) is 12.6. The normalized spacial score (nSPS) is 12.3. The summed E-state index contributed by atoms with van der Waals surface area (Å²) in [6.07, 6.45) is 3.17. The number of hydrogen-bond donors (Lipinski definition) is 1. The Morgan fingerprint density at radius 1 is 1.12 bits per heavy atom. The highest BCUT2D eigenvalue weighted by Gasteiger charge is 2.13. The van der Waals surface area contributed by atoms with Crippen LogP contribution in [0.15, 0.2) is 59.0 Å². The number of amides is 1. The van der Waals surface area contributed by atoms with Crippen LogP contribution >= 0.6 is 0 Å². The molecule has 0 spiro atoms. The molecule has 0 saturated heterocycles. The molecule has 1 N–H and O–H groups in total. The fraction of sp³-hybridized carbons (Fsp3) is 0.190. The van der Waals surface area contributed by atoms with Crippen LogP contribution in [0.1, 0.15) is 24.3 Å². The topological polar surface area (TPSA) is 60.7 Å². The maximum Gasteiger partial charge on any atom is 0.244 e. The van der Waals surface area contributed by atoms with Crippen LogP contribution in [0, 0.1) is 0 Å². The minimum absolute atomic E-state index is 0.220. The highest BCUT2D eigenvalue weighted by molar-refractivity contribution is 5.92. The number of hydrogen-bond acceptors (Lipinski definition) is 4. The third-order valence-corrected chi connectivity index (χ3v) is 4.08. The van der Waals surface area contributed by atoms with E-state index in [0.717, 1.165) is 16.5 Å². The second-order valence-corrected chi connectivity index (χ2v) is 5.83. The molecule has 1 heterocycles. The zero-order valence-electron chi connectivity index (χ0n) is 15.0. The van der Waals surface area contributed by atoms with Crippen molar-refractivity contribution in [2.24, 2.45) is 0 Å². The molecule has 0 radical (unpaired) electrons.